The molecule has 110 valence electrons. The molecule has 3 rings (SSSR count). The average Bonchev–Trinajstić information content (AvgIpc) is 3.31. The van der Waals surface area contributed by atoms with Gasteiger partial charge in [-0.25, -0.2) is 9.97 Å². The lowest BCUT2D eigenvalue weighted by molar-refractivity contribution is 0.864. The molecule has 0 unspecified atom stereocenters. The van der Waals surface area contributed by atoms with Crippen LogP contribution in [0.25, 0.3) is 0 Å². The first-order valence-electron chi connectivity index (χ1n) is 7.42. The Kier molecular flexibility index (Phi) is 4.15. The fourth-order valence-corrected chi connectivity index (χ4v) is 3.33. The number of aryl methyl sites for hydroxylation is 1. The maximum absolute atomic E-state index is 4.79. The van der Waals surface area contributed by atoms with E-state index >= 15 is 0 Å². The van der Waals surface area contributed by atoms with Crippen molar-refractivity contribution in [3.8, 4) is 0 Å². The Labute approximate surface area is 130 Å². The van der Waals surface area contributed by atoms with Crippen molar-refractivity contribution in [2.75, 3.05) is 12.4 Å². The highest BCUT2D eigenvalue weighted by atomic mass is 32.2. The molecule has 21 heavy (non-hydrogen) atoms. The molecule has 1 aromatic carbocycles. The molecule has 1 N–H and O–H groups in total. The predicted molar refractivity (Wildman–Crippen MR) is 89.0 cm³/mol. The number of nitrogens with one attached hydrogen (secondary N) is 1. The molecule has 1 fully saturated rings. The van der Waals surface area contributed by atoms with Gasteiger partial charge in [0.05, 0.1) is 0 Å². The zero-order chi connectivity index (χ0) is 14.8. The van der Waals surface area contributed by atoms with Gasteiger partial charge in [-0.15, -0.1) is 11.8 Å². The van der Waals surface area contributed by atoms with Crippen LogP contribution in [0.1, 0.15) is 41.3 Å². The van der Waals surface area contributed by atoms with Crippen LogP contribution in [-0.4, -0.2) is 17.0 Å². The molecule has 0 bridgehead atoms. The summed E-state index contributed by atoms with van der Waals surface area (Å²) in [6.45, 7) is 4.23. The van der Waals surface area contributed by atoms with Gasteiger partial charge in [0.15, 0.2) is 0 Å². The van der Waals surface area contributed by atoms with Crippen molar-refractivity contribution >= 4 is 17.6 Å². The van der Waals surface area contributed by atoms with Crippen LogP contribution in [0.3, 0.4) is 0 Å². The fraction of sp³-hybridized carbons (Fsp3) is 0.412. The van der Waals surface area contributed by atoms with Crippen molar-refractivity contribution in [2.24, 2.45) is 0 Å². The molecule has 0 saturated heterocycles. The first kappa shape index (κ1) is 14.4. The number of aromatic nitrogens is 2. The van der Waals surface area contributed by atoms with Crippen LogP contribution in [0.4, 0.5) is 5.82 Å². The SMILES string of the molecule is CNc1nc(C2CC2)nc(SCc2cccc(C)c2)c1C. The summed E-state index contributed by atoms with van der Waals surface area (Å²) < 4.78 is 0. The molecule has 1 saturated carbocycles. The monoisotopic (exact) mass is 299 g/mol. The zero-order valence-electron chi connectivity index (χ0n) is 12.8. The molecule has 0 atom stereocenters. The summed E-state index contributed by atoms with van der Waals surface area (Å²) in [7, 11) is 1.93. The van der Waals surface area contributed by atoms with E-state index in [0.29, 0.717) is 5.92 Å². The molecule has 2 aromatic rings. The number of rotatable bonds is 5. The fourth-order valence-electron chi connectivity index (χ4n) is 2.37. The molecule has 1 aliphatic carbocycles. The Balaban J connectivity index is 1.82. The maximum atomic E-state index is 4.79. The van der Waals surface area contributed by atoms with Crippen LogP contribution in [0.5, 0.6) is 0 Å². The molecule has 0 aliphatic heterocycles. The van der Waals surface area contributed by atoms with Gasteiger partial charge in [0.25, 0.3) is 0 Å². The maximum Gasteiger partial charge on any atom is 0.135 e. The van der Waals surface area contributed by atoms with E-state index in [4.69, 9.17) is 4.98 Å². The van der Waals surface area contributed by atoms with Crippen molar-refractivity contribution in [1.29, 1.82) is 0 Å². The van der Waals surface area contributed by atoms with Gasteiger partial charge in [0.2, 0.25) is 0 Å². The molecular weight excluding hydrogens is 278 g/mol. The van der Waals surface area contributed by atoms with Crippen LogP contribution in [0.15, 0.2) is 29.3 Å². The Bertz CT molecular complexity index is 650. The molecule has 1 aliphatic rings. The summed E-state index contributed by atoms with van der Waals surface area (Å²) in [5, 5.41) is 4.31. The Hall–Kier alpha value is -1.55. The summed E-state index contributed by atoms with van der Waals surface area (Å²) in [6.07, 6.45) is 2.46. The molecule has 0 spiro atoms. The Morgan fingerprint density at radius 3 is 2.71 bits per heavy atom. The minimum Gasteiger partial charge on any atom is -0.373 e. The lowest BCUT2D eigenvalue weighted by Crippen LogP contribution is -2.04. The van der Waals surface area contributed by atoms with Gasteiger partial charge in [-0.3, -0.25) is 0 Å². The van der Waals surface area contributed by atoms with E-state index in [1.165, 1.54) is 24.0 Å². The first-order chi connectivity index (χ1) is 10.2. The summed E-state index contributed by atoms with van der Waals surface area (Å²) in [5.41, 5.74) is 3.80. The number of hydrogen-bond acceptors (Lipinski definition) is 4. The van der Waals surface area contributed by atoms with E-state index in [2.05, 4.69) is 48.4 Å². The lowest BCUT2D eigenvalue weighted by atomic mass is 10.2. The summed E-state index contributed by atoms with van der Waals surface area (Å²) in [6, 6.07) is 8.67. The average molecular weight is 299 g/mol. The van der Waals surface area contributed by atoms with Crippen molar-refractivity contribution in [3.05, 3.63) is 46.8 Å². The quantitative estimate of drug-likeness (QED) is 0.659. The van der Waals surface area contributed by atoms with Gasteiger partial charge in [-0.05, 0) is 32.3 Å². The normalized spacial score (nSPS) is 14.2. The number of anilines is 1. The molecule has 0 amide bonds. The second-order valence-corrected chi connectivity index (χ2v) is 6.63. The van der Waals surface area contributed by atoms with Crippen LogP contribution in [0.2, 0.25) is 0 Å². The molecule has 0 radical (unpaired) electrons. The molecule has 1 heterocycles. The molecular formula is C17H21N3S. The van der Waals surface area contributed by atoms with E-state index in [1.54, 1.807) is 11.8 Å². The summed E-state index contributed by atoms with van der Waals surface area (Å²) >= 11 is 1.81. The highest BCUT2D eigenvalue weighted by molar-refractivity contribution is 7.98. The third kappa shape index (κ3) is 3.38. The second kappa shape index (κ2) is 6.06. The number of benzene rings is 1. The van der Waals surface area contributed by atoms with E-state index < -0.39 is 0 Å². The van der Waals surface area contributed by atoms with E-state index in [9.17, 15) is 0 Å². The largest absolute Gasteiger partial charge is 0.373 e. The van der Waals surface area contributed by atoms with Crippen LogP contribution < -0.4 is 5.32 Å². The third-order valence-corrected chi connectivity index (χ3v) is 4.90. The molecule has 1 aromatic heterocycles. The van der Waals surface area contributed by atoms with Gasteiger partial charge in [0, 0.05) is 24.3 Å². The standard InChI is InChI=1S/C17H21N3S/c1-11-5-4-6-13(9-11)10-21-17-12(2)15(18-3)19-16(20-17)14-7-8-14/h4-6,9,14H,7-8,10H2,1-3H3,(H,18,19,20). The predicted octanol–water partition coefficient (Wildman–Crippen LogP) is 4.30. The Morgan fingerprint density at radius 1 is 1.24 bits per heavy atom. The third-order valence-electron chi connectivity index (χ3n) is 3.76. The van der Waals surface area contributed by atoms with Crippen LogP contribution >= 0.6 is 11.8 Å². The van der Waals surface area contributed by atoms with Gasteiger partial charge in [-0.1, -0.05) is 29.8 Å². The van der Waals surface area contributed by atoms with Gasteiger partial charge in [0.1, 0.15) is 16.7 Å². The van der Waals surface area contributed by atoms with Crippen LogP contribution in [-0.2, 0) is 5.75 Å². The van der Waals surface area contributed by atoms with Gasteiger partial charge in [-0.2, -0.15) is 0 Å². The number of thioether (sulfide) groups is 1. The van der Waals surface area contributed by atoms with E-state index in [0.717, 1.165) is 28.0 Å². The van der Waals surface area contributed by atoms with Gasteiger partial charge >= 0.3 is 0 Å². The summed E-state index contributed by atoms with van der Waals surface area (Å²) in [5.74, 6) is 3.51. The highest BCUT2D eigenvalue weighted by Crippen LogP contribution is 2.40. The first-order valence-corrected chi connectivity index (χ1v) is 8.40. The van der Waals surface area contributed by atoms with Crippen molar-refractivity contribution in [1.82, 2.24) is 9.97 Å². The minimum atomic E-state index is 0.580. The number of hydrogen-bond donors (Lipinski definition) is 1. The van der Waals surface area contributed by atoms with Gasteiger partial charge < -0.3 is 5.32 Å². The highest BCUT2D eigenvalue weighted by Gasteiger charge is 2.28. The minimum absolute atomic E-state index is 0.580. The van der Waals surface area contributed by atoms with Crippen molar-refractivity contribution in [2.45, 2.75) is 43.4 Å². The topological polar surface area (TPSA) is 37.8 Å². The van der Waals surface area contributed by atoms with E-state index in [1.807, 2.05) is 7.05 Å². The molecule has 4 heteroatoms. The number of nitrogens with zero attached hydrogens (tertiary/aromatic N) is 2. The van der Waals surface area contributed by atoms with Crippen LogP contribution in [0, 0.1) is 13.8 Å². The van der Waals surface area contributed by atoms with Crippen molar-refractivity contribution < 1.29 is 0 Å². The summed E-state index contributed by atoms with van der Waals surface area (Å²) in [4.78, 5) is 9.44. The van der Waals surface area contributed by atoms with E-state index in [-0.39, 0.29) is 0 Å². The lowest BCUT2D eigenvalue weighted by Gasteiger charge is -2.11. The smallest absolute Gasteiger partial charge is 0.135 e. The second-order valence-electron chi connectivity index (χ2n) is 5.66. The zero-order valence-corrected chi connectivity index (χ0v) is 13.6. The molecule has 3 nitrogen and oxygen atoms in total. The van der Waals surface area contributed by atoms with Crippen molar-refractivity contribution in [3.63, 3.8) is 0 Å². The Morgan fingerprint density at radius 2 is 2.05 bits per heavy atom.